The van der Waals surface area contributed by atoms with Crippen LogP contribution in [0.3, 0.4) is 0 Å². The lowest BCUT2D eigenvalue weighted by Gasteiger charge is -2.29. The Balaban J connectivity index is 1.80. The summed E-state index contributed by atoms with van der Waals surface area (Å²) in [4.78, 5) is 23.8. The lowest BCUT2D eigenvalue weighted by Crippen LogP contribution is -2.42. The molecule has 0 atom stereocenters. The summed E-state index contributed by atoms with van der Waals surface area (Å²) in [6.45, 7) is 3.01. The fourth-order valence-electron chi connectivity index (χ4n) is 2.36. The van der Waals surface area contributed by atoms with Gasteiger partial charge < -0.3 is 14.8 Å². The fourth-order valence-corrected chi connectivity index (χ4v) is 2.49. The Morgan fingerprint density at radius 1 is 0.960 bits per heavy atom. The van der Waals surface area contributed by atoms with Crippen molar-refractivity contribution in [1.29, 1.82) is 0 Å². The maximum atomic E-state index is 11.9. The molecule has 0 unspecified atom stereocenters. The van der Waals surface area contributed by atoms with Crippen molar-refractivity contribution < 1.29 is 19.1 Å². The number of rotatable bonds is 3. The molecule has 128 valence electrons. The molecule has 1 aliphatic rings. The second kappa shape index (κ2) is 6.61. The second-order valence-corrected chi connectivity index (χ2v) is 6.41. The van der Waals surface area contributed by atoms with Crippen LogP contribution in [0.15, 0.2) is 60.3 Å². The van der Waals surface area contributed by atoms with Crippen LogP contribution in [-0.4, -0.2) is 17.7 Å². The van der Waals surface area contributed by atoms with Crippen molar-refractivity contribution in [3.05, 3.63) is 65.3 Å². The van der Waals surface area contributed by atoms with Crippen LogP contribution in [0.4, 0.5) is 5.69 Å². The average Bonchev–Trinajstić information content (AvgIpc) is 2.54. The number of carbonyl (C=O) groups excluding carboxylic acids is 2. The van der Waals surface area contributed by atoms with Crippen LogP contribution in [0, 0.1) is 0 Å². The van der Waals surface area contributed by atoms with Gasteiger partial charge in [0.25, 0.3) is 5.79 Å². The Labute approximate surface area is 150 Å². The molecule has 1 fully saturated rings. The molecule has 1 heterocycles. The van der Waals surface area contributed by atoms with Crippen molar-refractivity contribution in [1.82, 2.24) is 0 Å². The van der Waals surface area contributed by atoms with E-state index in [0.29, 0.717) is 10.7 Å². The topological polar surface area (TPSA) is 64.6 Å². The second-order valence-electron chi connectivity index (χ2n) is 5.97. The predicted molar refractivity (Wildman–Crippen MR) is 94.9 cm³/mol. The van der Waals surface area contributed by atoms with Crippen LogP contribution in [0.2, 0.25) is 5.02 Å². The Hall–Kier alpha value is -2.79. The Kier molecular flexibility index (Phi) is 4.51. The van der Waals surface area contributed by atoms with Crippen molar-refractivity contribution in [3.63, 3.8) is 0 Å². The monoisotopic (exact) mass is 357 g/mol. The van der Waals surface area contributed by atoms with Crippen molar-refractivity contribution in [2.24, 2.45) is 0 Å². The summed E-state index contributed by atoms with van der Waals surface area (Å²) in [6, 6.07) is 15.0. The van der Waals surface area contributed by atoms with Gasteiger partial charge in [0, 0.05) is 30.8 Å². The van der Waals surface area contributed by atoms with Crippen molar-refractivity contribution in [2.45, 2.75) is 19.6 Å². The first-order valence-electron chi connectivity index (χ1n) is 7.63. The fraction of sp³-hybridized carbons (Fsp3) is 0.158. The highest BCUT2D eigenvalue weighted by Gasteiger charge is 2.38. The van der Waals surface area contributed by atoms with Gasteiger partial charge in [0.05, 0.1) is 0 Å². The normalized spacial score (nSPS) is 16.0. The lowest BCUT2D eigenvalue weighted by atomic mass is 10.1. The summed E-state index contributed by atoms with van der Waals surface area (Å²) >= 11 is 5.91. The molecular weight excluding hydrogens is 342 g/mol. The average molecular weight is 358 g/mol. The van der Waals surface area contributed by atoms with Crippen LogP contribution >= 0.6 is 11.6 Å². The van der Waals surface area contributed by atoms with Gasteiger partial charge in [-0.05, 0) is 35.4 Å². The minimum absolute atomic E-state index is 0.184. The van der Waals surface area contributed by atoms with E-state index in [4.69, 9.17) is 21.1 Å². The number of nitrogens with one attached hydrogen (secondary N) is 1. The summed E-state index contributed by atoms with van der Waals surface area (Å²) in [5.41, 5.74) is 2.50. The van der Waals surface area contributed by atoms with Crippen LogP contribution in [0.5, 0.6) is 0 Å². The number of benzene rings is 2. The van der Waals surface area contributed by atoms with Crippen LogP contribution < -0.4 is 5.32 Å². The van der Waals surface area contributed by atoms with Gasteiger partial charge in [-0.1, -0.05) is 35.9 Å². The van der Waals surface area contributed by atoms with E-state index in [1.807, 2.05) is 48.5 Å². The van der Waals surface area contributed by atoms with Gasteiger partial charge in [-0.15, -0.1) is 0 Å². The van der Waals surface area contributed by atoms with Gasteiger partial charge in [0.2, 0.25) is 0 Å². The highest BCUT2D eigenvalue weighted by Crippen LogP contribution is 2.25. The minimum atomic E-state index is -1.25. The van der Waals surface area contributed by atoms with Gasteiger partial charge in [-0.25, -0.2) is 9.59 Å². The van der Waals surface area contributed by atoms with Crippen molar-refractivity contribution in [2.75, 3.05) is 5.32 Å². The van der Waals surface area contributed by atoms with E-state index in [9.17, 15) is 9.59 Å². The van der Waals surface area contributed by atoms with E-state index in [-0.39, 0.29) is 5.57 Å². The Morgan fingerprint density at radius 2 is 1.60 bits per heavy atom. The zero-order chi connectivity index (χ0) is 18.0. The summed E-state index contributed by atoms with van der Waals surface area (Å²) in [6.07, 6.45) is 1.29. The molecular formula is C19H16ClNO4. The number of anilines is 1. The van der Waals surface area contributed by atoms with E-state index >= 15 is 0 Å². The number of esters is 2. The first-order chi connectivity index (χ1) is 11.8. The molecule has 2 aromatic rings. The SMILES string of the molecule is CC1(C)OC(=O)C(=CNc2cccc(-c3ccc(Cl)cc3)c2)C(=O)O1. The quantitative estimate of drug-likeness (QED) is 0.508. The van der Waals surface area contributed by atoms with E-state index < -0.39 is 17.7 Å². The number of ether oxygens (including phenoxy) is 2. The molecule has 1 saturated heterocycles. The lowest BCUT2D eigenvalue weighted by molar-refractivity contribution is -0.222. The van der Waals surface area contributed by atoms with Crippen molar-refractivity contribution in [3.8, 4) is 11.1 Å². The molecule has 2 aromatic carbocycles. The highest BCUT2D eigenvalue weighted by molar-refractivity contribution is 6.30. The molecule has 6 heteroatoms. The summed E-state index contributed by atoms with van der Waals surface area (Å²) in [5, 5.41) is 3.60. The molecule has 1 N–H and O–H groups in total. The molecule has 0 aliphatic carbocycles. The van der Waals surface area contributed by atoms with Gasteiger partial charge in [0.1, 0.15) is 0 Å². The summed E-state index contributed by atoms with van der Waals surface area (Å²) in [5.74, 6) is -2.69. The Morgan fingerprint density at radius 3 is 2.24 bits per heavy atom. The van der Waals surface area contributed by atoms with E-state index in [2.05, 4.69) is 5.32 Å². The van der Waals surface area contributed by atoms with E-state index in [1.54, 1.807) is 0 Å². The highest BCUT2D eigenvalue weighted by atomic mass is 35.5. The Bertz CT molecular complexity index is 834. The zero-order valence-electron chi connectivity index (χ0n) is 13.7. The van der Waals surface area contributed by atoms with Crippen LogP contribution in [-0.2, 0) is 19.1 Å². The third-order valence-corrected chi connectivity index (χ3v) is 3.79. The standard InChI is InChI=1S/C19H16ClNO4/c1-19(2)24-17(22)16(18(23)25-19)11-21-15-5-3-4-13(10-15)12-6-8-14(20)9-7-12/h3-11,21H,1-2H3. The summed E-state index contributed by atoms with van der Waals surface area (Å²) in [7, 11) is 0. The summed E-state index contributed by atoms with van der Waals surface area (Å²) < 4.78 is 10.1. The molecule has 0 aromatic heterocycles. The molecule has 5 nitrogen and oxygen atoms in total. The number of cyclic esters (lactones) is 2. The zero-order valence-corrected chi connectivity index (χ0v) is 14.5. The minimum Gasteiger partial charge on any atom is -0.419 e. The number of carbonyl (C=O) groups is 2. The molecule has 0 radical (unpaired) electrons. The molecule has 3 rings (SSSR count). The predicted octanol–water partition coefficient (Wildman–Crippen LogP) is 4.14. The molecule has 0 spiro atoms. The van der Waals surface area contributed by atoms with Gasteiger partial charge in [0.15, 0.2) is 5.57 Å². The largest absolute Gasteiger partial charge is 0.419 e. The molecule has 0 bridgehead atoms. The van der Waals surface area contributed by atoms with Gasteiger partial charge in [-0.2, -0.15) is 0 Å². The van der Waals surface area contributed by atoms with E-state index in [1.165, 1.54) is 20.0 Å². The third kappa shape index (κ3) is 4.00. The smallest absolute Gasteiger partial charge is 0.350 e. The molecule has 0 saturated carbocycles. The van der Waals surface area contributed by atoms with Crippen molar-refractivity contribution >= 4 is 29.2 Å². The van der Waals surface area contributed by atoms with Crippen LogP contribution in [0.25, 0.3) is 11.1 Å². The maximum absolute atomic E-state index is 11.9. The van der Waals surface area contributed by atoms with Crippen LogP contribution in [0.1, 0.15) is 13.8 Å². The molecule has 25 heavy (non-hydrogen) atoms. The van der Waals surface area contributed by atoms with E-state index in [0.717, 1.165) is 11.1 Å². The third-order valence-electron chi connectivity index (χ3n) is 3.54. The molecule has 0 amide bonds. The van der Waals surface area contributed by atoms with Gasteiger partial charge >= 0.3 is 11.9 Å². The maximum Gasteiger partial charge on any atom is 0.350 e. The van der Waals surface area contributed by atoms with Gasteiger partial charge in [-0.3, -0.25) is 0 Å². The number of halogens is 1. The first kappa shape index (κ1) is 17.0. The number of hydrogen-bond acceptors (Lipinski definition) is 5. The molecule has 1 aliphatic heterocycles. The first-order valence-corrected chi connectivity index (χ1v) is 8.01. The number of hydrogen-bond donors (Lipinski definition) is 1.